The van der Waals surface area contributed by atoms with Crippen LogP contribution < -0.4 is 11.5 Å². The molecule has 4 aromatic rings. The summed E-state index contributed by atoms with van der Waals surface area (Å²) < 4.78 is 0. The summed E-state index contributed by atoms with van der Waals surface area (Å²) in [6, 6.07) is 33.1. The summed E-state index contributed by atoms with van der Waals surface area (Å²) in [6.45, 7) is 0. The van der Waals surface area contributed by atoms with E-state index in [4.69, 9.17) is 11.5 Å². The normalized spacial score (nSPS) is 10.6. The highest BCUT2D eigenvalue weighted by molar-refractivity contribution is 5.77. The number of nitrogen functional groups attached to an aromatic ring is 2. The average molecular weight is 336 g/mol. The zero-order chi connectivity index (χ0) is 17.9. The predicted molar refractivity (Wildman–Crippen MR) is 112 cm³/mol. The van der Waals surface area contributed by atoms with Crippen molar-refractivity contribution in [2.24, 2.45) is 0 Å². The Morgan fingerprint density at radius 1 is 0.346 bits per heavy atom. The summed E-state index contributed by atoms with van der Waals surface area (Å²) in [5.41, 5.74) is 20.2. The Labute approximate surface area is 153 Å². The van der Waals surface area contributed by atoms with E-state index < -0.39 is 0 Å². The van der Waals surface area contributed by atoms with Crippen molar-refractivity contribution in [1.82, 2.24) is 0 Å². The topological polar surface area (TPSA) is 52.0 Å². The first-order valence-corrected chi connectivity index (χ1v) is 8.61. The van der Waals surface area contributed by atoms with Gasteiger partial charge in [0.25, 0.3) is 0 Å². The van der Waals surface area contributed by atoms with E-state index in [0.29, 0.717) is 0 Å². The molecular weight excluding hydrogens is 316 g/mol. The van der Waals surface area contributed by atoms with E-state index in [1.54, 1.807) is 0 Å². The van der Waals surface area contributed by atoms with Gasteiger partial charge in [0, 0.05) is 11.4 Å². The second-order valence-corrected chi connectivity index (χ2v) is 6.41. The summed E-state index contributed by atoms with van der Waals surface area (Å²) in [5, 5.41) is 0. The fourth-order valence-electron chi connectivity index (χ4n) is 3.11. The lowest BCUT2D eigenvalue weighted by molar-refractivity contribution is 1.57. The van der Waals surface area contributed by atoms with Crippen molar-refractivity contribution in [3.63, 3.8) is 0 Å². The average Bonchev–Trinajstić information content (AvgIpc) is 2.69. The molecule has 0 aromatic heterocycles. The first-order chi connectivity index (χ1) is 12.7. The molecule has 2 nitrogen and oxygen atoms in total. The Kier molecular flexibility index (Phi) is 4.16. The third kappa shape index (κ3) is 3.31. The van der Waals surface area contributed by atoms with Crippen LogP contribution in [0.4, 0.5) is 11.4 Å². The van der Waals surface area contributed by atoms with Gasteiger partial charge in [0.05, 0.1) is 0 Å². The van der Waals surface area contributed by atoms with E-state index >= 15 is 0 Å². The maximum Gasteiger partial charge on any atom is 0.0314 e. The van der Waals surface area contributed by atoms with Crippen molar-refractivity contribution < 1.29 is 0 Å². The fraction of sp³-hybridized carbons (Fsp3) is 0. The van der Waals surface area contributed by atoms with Gasteiger partial charge >= 0.3 is 0 Å². The Balaban J connectivity index is 1.72. The second-order valence-electron chi connectivity index (χ2n) is 6.41. The summed E-state index contributed by atoms with van der Waals surface area (Å²) in [6.07, 6.45) is 0. The monoisotopic (exact) mass is 336 g/mol. The van der Waals surface area contributed by atoms with Crippen LogP contribution in [0.2, 0.25) is 0 Å². The van der Waals surface area contributed by atoms with Gasteiger partial charge in [0.1, 0.15) is 0 Å². The van der Waals surface area contributed by atoms with Crippen LogP contribution in [0.3, 0.4) is 0 Å². The third-order valence-electron chi connectivity index (χ3n) is 4.55. The lowest BCUT2D eigenvalue weighted by Crippen LogP contribution is -1.86. The molecule has 0 heterocycles. The van der Waals surface area contributed by atoms with E-state index in [1.807, 2.05) is 24.3 Å². The molecular formula is C24H20N2. The Morgan fingerprint density at radius 3 is 1.00 bits per heavy atom. The van der Waals surface area contributed by atoms with E-state index in [0.717, 1.165) is 22.5 Å². The van der Waals surface area contributed by atoms with Crippen molar-refractivity contribution in [1.29, 1.82) is 0 Å². The molecule has 126 valence electrons. The molecule has 0 aliphatic carbocycles. The van der Waals surface area contributed by atoms with Crippen molar-refractivity contribution in [3.8, 4) is 33.4 Å². The molecule has 0 aliphatic heterocycles. The van der Waals surface area contributed by atoms with Crippen LogP contribution in [-0.2, 0) is 0 Å². The van der Waals surface area contributed by atoms with Crippen molar-refractivity contribution in [3.05, 3.63) is 97.1 Å². The molecule has 0 saturated carbocycles. The molecule has 2 heteroatoms. The van der Waals surface area contributed by atoms with Gasteiger partial charge in [0.15, 0.2) is 0 Å². The largest absolute Gasteiger partial charge is 0.399 e. The highest BCUT2D eigenvalue weighted by Crippen LogP contribution is 2.30. The first kappa shape index (κ1) is 16.0. The van der Waals surface area contributed by atoms with Gasteiger partial charge < -0.3 is 11.5 Å². The zero-order valence-corrected chi connectivity index (χ0v) is 14.4. The summed E-state index contributed by atoms with van der Waals surface area (Å²) in [5.74, 6) is 0. The Morgan fingerprint density at radius 2 is 0.654 bits per heavy atom. The van der Waals surface area contributed by atoms with Gasteiger partial charge in [-0.25, -0.2) is 0 Å². The molecule has 0 bridgehead atoms. The van der Waals surface area contributed by atoms with Crippen LogP contribution in [0.25, 0.3) is 33.4 Å². The molecule has 26 heavy (non-hydrogen) atoms. The zero-order valence-electron chi connectivity index (χ0n) is 14.4. The third-order valence-corrected chi connectivity index (χ3v) is 4.55. The van der Waals surface area contributed by atoms with E-state index in [1.165, 1.54) is 22.3 Å². The molecule has 4 N–H and O–H groups in total. The smallest absolute Gasteiger partial charge is 0.0314 e. The highest BCUT2D eigenvalue weighted by Gasteiger charge is 2.04. The van der Waals surface area contributed by atoms with Crippen LogP contribution in [0.15, 0.2) is 97.1 Å². The Hall–Kier alpha value is -3.52. The van der Waals surface area contributed by atoms with Gasteiger partial charge in [-0.1, -0.05) is 60.7 Å². The molecule has 0 aliphatic rings. The van der Waals surface area contributed by atoms with Gasteiger partial charge in [-0.2, -0.15) is 0 Å². The lowest BCUT2D eigenvalue weighted by Gasteiger charge is -2.09. The minimum atomic E-state index is 0.779. The van der Waals surface area contributed by atoms with Crippen LogP contribution in [0.5, 0.6) is 0 Å². The maximum atomic E-state index is 5.80. The lowest BCUT2D eigenvalue weighted by atomic mass is 9.96. The summed E-state index contributed by atoms with van der Waals surface area (Å²) >= 11 is 0. The Bertz CT molecular complexity index is 945. The second kappa shape index (κ2) is 6.77. The number of hydrogen-bond acceptors (Lipinski definition) is 2. The SMILES string of the molecule is Nc1ccc(-c2cccc(-c3cccc(-c4ccc(N)cc4)c3)c2)cc1. The van der Waals surface area contributed by atoms with Gasteiger partial charge in [-0.3, -0.25) is 0 Å². The van der Waals surface area contributed by atoms with Gasteiger partial charge in [-0.05, 0) is 69.8 Å². The minimum absolute atomic E-state index is 0.779. The van der Waals surface area contributed by atoms with Crippen LogP contribution in [0, 0.1) is 0 Å². The number of nitrogens with two attached hydrogens (primary N) is 2. The number of hydrogen-bond donors (Lipinski definition) is 2. The maximum absolute atomic E-state index is 5.80. The number of anilines is 2. The molecule has 0 saturated heterocycles. The summed E-state index contributed by atoms with van der Waals surface area (Å²) in [4.78, 5) is 0. The first-order valence-electron chi connectivity index (χ1n) is 8.61. The number of rotatable bonds is 3. The van der Waals surface area contributed by atoms with Crippen molar-refractivity contribution in [2.75, 3.05) is 11.5 Å². The van der Waals surface area contributed by atoms with Crippen LogP contribution in [0.1, 0.15) is 0 Å². The van der Waals surface area contributed by atoms with Gasteiger partial charge in [0.2, 0.25) is 0 Å². The van der Waals surface area contributed by atoms with Crippen LogP contribution in [-0.4, -0.2) is 0 Å². The summed E-state index contributed by atoms with van der Waals surface area (Å²) in [7, 11) is 0. The molecule has 0 fully saturated rings. The highest BCUT2D eigenvalue weighted by atomic mass is 14.5. The van der Waals surface area contributed by atoms with E-state index in [9.17, 15) is 0 Å². The number of benzene rings is 4. The molecule has 4 aromatic carbocycles. The standard InChI is InChI=1S/C24H20N2/c25-23-11-7-17(8-12-23)19-3-1-5-21(15-19)22-6-2-4-20(16-22)18-9-13-24(26)14-10-18/h1-16H,25-26H2. The minimum Gasteiger partial charge on any atom is -0.399 e. The molecule has 0 amide bonds. The van der Waals surface area contributed by atoms with Crippen molar-refractivity contribution in [2.45, 2.75) is 0 Å². The molecule has 4 rings (SSSR count). The van der Waals surface area contributed by atoms with Crippen molar-refractivity contribution >= 4 is 11.4 Å². The predicted octanol–water partition coefficient (Wildman–Crippen LogP) is 5.85. The molecule has 0 atom stereocenters. The van der Waals surface area contributed by atoms with E-state index in [-0.39, 0.29) is 0 Å². The molecule has 0 spiro atoms. The fourth-order valence-corrected chi connectivity index (χ4v) is 3.11. The van der Waals surface area contributed by atoms with E-state index in [2.05, 4.69) is 72.8 Å². The quantitative estimate of drug-likeness (QED) is 0.461. The van der Waals surface area contributed by atoms with Gasteiger partial charge in [-0.15, -0.1) is 0 Å². The van der Waals surface area contributed by atoms with Crippen LogP contribution >= 0.6 is 0 Å². The molecule has 0 unspecified atom stereocenters. The molecule has 0 radical (unpaired) electrons.